The van der Waals surface area contributed by atoms with Gasteiger partial charge < -0.3 is 10.0 Å². The van der Waals surface area contributed by atoms with Crippen molar-refractivity contribution in [2.24, 2.45) is 5.92 Å². The summed E-state index contributed by atoms with van der Waals surface area (Å²) in [6.45, 7) is 2.75. The molecular weight excluding hydrogens is 244 g/mol. The van der Waals surface area contributed by atoms with Crippen LogP contribution in [0.1, 0.15) is 31.9 Å². The first-order valence-electron chi connectivity index (χ1n) is 6.37. The molecule has 19 heavy (non-hydrogen) atoms. The number of nitrogens with zero attached hydrogens (tertiary/aromatic N) is 4. The van der Waals surface area contributed by atoms with E-state index in [0.29, 0.717) is 24.7 Å². The maximum Gasteiger partial charge on any atom is 0.326 e. The molecule has 0 aliphatic carbocycles. The maximum atomic E-state index is 11.4. The number of piperidine rings is 1. The summed E-state index contributed by atoms with van der Waals surface area (Å²) >= 11 is 0. The van der Waals surface area contributed by atoms with E-state index < -0.39 is 12.0 Å². The van der Waals surface area contributed by atoms with Crippen molar-refractivity contribution in [1.82, 2.24) is 9.97 Å². The van der Waals surface area contributed by atoms with E-state index in [1.807, 2.05) is 6.07 Å². The second-order valence-corrected chi connectivity index (χ2v) is 4.72. The molecule has 6 nitrogen and oxygen atoms in total. The Morgan fingerprint density at radius 2 is 2.37 bits per heavy atom. The molecule has 1 fully saturated rings. The van der Waals surface area contributed by atoms with Crippen LogP contribution in [0.25, 0.3) is 0 Å². The third-order valence-corrected chi connectivity index (χ3v) is 3.62. The van der Waals surface area contributed by atoms with E-state index in [-0.39, 0.29) is 5.69 Å². The molecule has 0 saturated carbocycles. The Bertz CT molecular complexity index is 494. The topological polar surface area (TPSA) is 90.1 Å². The van der Waals surface area contributed by atoms with Gasteiger partial charge in [0, 0.05) is 6.54 Å². The lowest BCUT2D eigenvalue weighted by Crippen LogP contribution is -2.47. The van der Waals surface area contributed by atoms with Crippen LogP contribution in [0, 0.1) is 17.2 Å². The third kappa shape index (κ3) is 2.81. The van der Waals surface area contributed by atoms with Gasteiger partial charge in [-0.2, -0.15) is 5.26 Å². The van der Waals surface area contributed by atoms with Crippen molar-refractivity contribution in [3.8, 4) is 6.07 Å². The van der Waals surface area contributed by atoms with Gasteiger partial charge in [0.1, 0.15) is 17.9 Å². The summed E-state index contributed by atoms with van der Waals surface area (Å²) in [4.78, 5) is 21.2. The number of carboxylic acids is 1. The van der Waals surface area contributed by atoms with Crippen molar-refractivity contribution in [3.63, 3.8) is 0 Å². The van der Waals surface area contributed by atoms with Gasteiger partial charge in [0.25, 0.3) is 0 Å². The number of aromatic nitrogens is 2. The summed E-state index contributed by atoms with van der Waals surface area (Å²) in [7, 11) is 0. The Kier molecular flexibility index (Phi) is 3.95. The Balaban J connectivity index is 2.21. The lowest BCUT2D eigenvalue weighted by atomic mass is 9.89. The van der Waals surface area contributed by atoms with Crippen LogP contribution in [-0.4, -0.2) is 33.6 Å². The molecule has 6 heteroatoms. The molecular formula is C13H16N4O2. The number of carboxylic acid groups (broad SMARTS) is 1. The van der Waals surface area contributed by atoms with Gasteiger partial charge in [-0.05, 0) is 18.8 Å². The zero-order chi connectivity index (χ0) is 13.8. The van der Waals surface area contributed by atoms with Crippen molar-refractivity contribution >= 4 is 11.8 Å². The predicted molar refractivity (Wildman–Crippen MR) is 68.5 cm³/mol. The zero-order valence-corrected chi connectivity index (χ0v) is 10.8. The fraction of sp³-hybridized carbons (Fsp3) is 0.538. The molecule has 100 valence electrons. The monoisotopic (exact) mass is 260 g/mol. The second kappa shape index (κ2) is 5.65. The second-order valence-electron chi connectivity index (χ2n) is 4.72. The Hall–Kier alpha value is -2.16. The molecule has 1 aromatic heterocycles. The van der Waals surface area contributed by atoms with Crippen LogP contribution in [0.5, 0.6) is 0 Å². The molecule has 1 N–H and O–H groups in total. The van der Waals surface area contributed by atoms with Gasteiger partial charge in [0.05, 0.1) is 12.4 Å². The van der Waals surface area contributed by atoms with Crippen molar-refractivity contribution in [2.75, 3.05) is 11.4 Å². The van der Waals surface area contributed by atoms with Crippen molar-refractivity contribution in [2.45, 2.75) is 32.2 Å². The van der Waals surface area contributed by atoms with E-state index in [0.717, 1.165) is 12.8 Å². The van der Waals surface area contributed by atoms with Crippen molar-refractivity contribution < 1.29 is 9.90 Å². The van der Waals surface area contributed by atoms with E-state index in [1.54, 1.807) is 4.90 Å². The van der Waals surface area contributed by atoms with Crippen LogP contribution in [-0.2, 0) is 4.79 Å². The van der Waals surface area contributed by atoms with Crippen LogP contribution in [0.2, 0.25) is 0 Å². The number of hydrogen-bond donors (Lipinski definition) is 1. The average Bonchev–Trinajstić information content (AvgIpc) is 2.46. The highest BCUT2D eigenvalue weighted by Gasteiger charge is 2.33. The fourth-order valence-electron chi connectivity index (χ4n) is 2.44. The Morgan fingerprint density at radius 3 is 2.89 bits per heavy atom. The van der Waals surface area contributed by atoms with Crippen LogP contribution in [0.3, 0.4) is 0 Å². The van der Waals surface area contributed by atoms with Gasteiger partial charge in [-0.15, -0.1) is 0 Å². The van der Waals surface area contributed by atoms with Gasteiger partial charge in [-0.25, -0.2) is 14.8 Å². The van der Waals surface area contributed by atoms with Gasteiger partial charge in [-0.1, -0.05) is 13.3 Å². The van der Waals surface area contributed by atoms with Gasteiger partial charge in [-0.3, -0.25) is 0 Å². The van der Waals surface area contributed by atoms with Crippen molar-refractivity contribution in [3.05, 3.63) is 18.1 Å². The lowest BCUT2D eigenvalue weighted by molar-refractivity contribution is -0.139. The van der Waals surface area contributed by atoms with Crippen LogP contribution < -0.4 is 4.90 Å². The number of nitriles is 1. The molecule has 1 saturated heterocycles. The summed E-state index contributed by atoms with van der Waals surface area (Å²) in [5, 5.41) is 18.0. The minimum Gasteiger partial charge on any atom is -0.480 e. The predicted octanol–water partition coefficient (Wildman–Crippen LogP) is 1.43. The van der Waals surface area contributed by atoms with E-state index >= 15 is 0 Å². The van der Waals surface area contributed by atoms with Gasteiger partial charge in [0.15, 0.2) is 5.69 Å². The third-order valence-electron chi connectivity index (χ3n) is 3.62. The van der Waals surface area contributed by atoms with E-state index in [9.17, 15) is 9.90 Å². The maximum absolute atomic E-state index is 11.4. The molecule has 0 bridgehead atoms. The normalized spacial score (nSPS) is 22.8. The first-order valence-corrected chi connectivity index (χ1v) is 6.37. The minimum atomic E-state index is -0.829. The minimum absolute atomic E-state index is 0.235. The number of carbonyl (C=O) groups is 1. The molecule has 2 atom stereocenters. The summed E-state index contributed by atoms with van der Waals surface area (Å²) in [6, 6.07) is 1.34. The van der Waals surface area contributed by atoms with Crippen LogP contribution in [0.4, 0.5) is 5.82 Å². The standard InChI is InChI=1S/C13H16N4O2/c1-2-9-3-4-17(11(5-9)13(18)19)12-8-15-10(6-14)7-16-12/h7-9,11H,2-5H2,1H3,(H,18,19). The van der Waals surface area contributed by atoms with Crippen LogP contribution >= 0.6 is 0 Å². The van der Waals surface area contributed by atoms with Crippen LogP contribution in [0.15, 0.2) is 12.4 Å². The number of anilines is 1. The quantitative estimate of drug-likeness (QED) is 0.884. The van der Waals surface area contributed by atoms with E-state index in [4.69, 9.17) is 5.26 Å². The van der Waals surface area contributed by atoms with E-state index in [1.165, 1.54) is 12.4 Å². The number of rotatable bonds is 3. The molecule has 0 amide bonds. The summed E-state index contributed by atoms with van der Waals surface area (Å²) < 4.78 is 0. The summed E-state index contributed by atoms with van der Waals surface area (Å²) in [5.41, 5.74) is 0.235. The smallest absolute Gasteiger partial charge is 0.326 e. The Labute approximate surface area is 111 Å². The molecule has 1 aliphatic heterocycles. The number of hydrogen-bond acceptors (Lipinski definition) is 5. The highest BCUT2D eigenvalue weighted by atomic mass is 16.4. The molecule has 2 heterocycles. The molecule has 1 aromatic rings. The average molecular weight is 260 g/mol. The molecule has 2 unspecified atom stereocenters. The first-order chi connectivity index (χ1) is 9.15. The molecule has 0 aromatic carbocycles. The number of aliphatic carboxylic acids is 1. The SMILES string of the molecule is CCC1CCN(c2cnc(C#N)cn2)C(C(=O)O)C1. The fourth-order valence-corrected chi connectivity index (χ4v) is 2.44. The summed E-state index contributed by atoms with van der Waals surface area (Å²) in [6.07, 6.45) is 5.44. The van der Waals surface area contributed by atoms with Gasteiger partial charge >= 0.3 is 5.97 Å². The first kappa shape index (κ1) is 13.3. The zero-order valence-electron chi connectivity index (χ0n) is 10.8. The van der Waals surface area contributed by atoms with Crippen molar-refractivity contribution in [1.29, 1.82) is 5.26 Å². The van der Waals surface area contributed by atoms with E-state index in [2.05, 4.69) is 16.9 Å². The highest BCUT2D eigenvalue weighted by molar-refractivity contribution is 5.78. The Morgan fingerprint density at radius 1 is 1.58 bits per heavy atom. The molecule has 2 rings (SSSR count). The summed E-state index contributed by atoms with van der Waals surface area (Å²) in [5.74, 6) is 0.147. The molecule has 0 radical (unpaired) electrons. The highest BCUT2D eigenvalue weighted by Crippen LogP contribution is 2.28. The van der Waals surface area contributed by atoms with Gasteiger partial charge in [0.2, 0.25) is 0 Å². The lowest BCUT2D eigenvalue weighted by Gasteiger charge is -2.37. The molecule has 0 spiro atoms. The molecule has 1 aliphatic rings. The largest absolute Gasteiger partial charge is 0.480 e.